The number of carbonyl (C=O) groups is 1. The zero-order valence-corrected chi connectivity index (χ0v) is 13.1. The number of thiophene rings is 1. The van der Waals surface area contributed by atoms with E-state index in [-0.39, 0.29) is 5.97 Å². The minimum Gasteiger partial charge on any atom is -0.462 e. The summed E-state index contributed by atoms with van der Waals surface area (Å²) in [6.45, 7) is 7.06. The van der Waals surface area contributed by atoms with Crippen LogP contribution in [-0.2, 0) is 4.74 Å². The van der Waals surface area contributed by atoms with Gasteiger partial charge in [-0.1, -0.05) is 11.6 Å². The summed E-state index contributed by atoms with van der Waals surface area (Å²) < 4.78 is 5.07. The molecule has 1 saturated carbocycles. The second-order valence-corrected chi connectivity index (χ2v) is 6.27. The fourth-order valence-corrected chi connectivity index (χ4v) is 3.17. The van der Waals surface area contributed by atoms with Gasteiger partial charge in [0, 0.05) is 12.1 Å². The summed E-state index contributed by atoms with van der Waals surface area (Å²) in [5.74, 6) is 0.191. The second-order valence-electron chi connectivity index (χ2n) is 5.24. The Morgan fingerprint density at radius 3 is 2.75 bits per heavy atom. The van der Waals surface area contributed by atoms with Crippen LogP contribution in [0.5, 0.6) is 0 Å². The Kier molecular flexibility index (Phi) is 4.70. The van der Waals surface area contributed by atoms with E-state index in [0.29, 0.717) is 23.1 Å². The first-order valence-electron chi connectivity index (χ1n) is 7.01. The average molecular weight is 294 g/mol. The number of nitrogen functional groups attached to an aromatic ring is 1. The van der Waals surface area contributed by atoms with Gasteiger partial charge >= 0.3 is 5.97 Å². The summed E-state index contributed by atoms with van der Waals surface area (Å²) in [5, 5.41) is 4.40. The van der Waals surface area contributed by atoms with E-state index < -0.39 is 0 Å². The van der Waals surface area contributed by atoms with Gasteiger partial charge in [0.05, 0.1) is 17.3 Å². The van der Waals surface area contributed by atoms with Gasteiger partial charge in [-0.25, -0.2) is 4.79 Å². The van der Waals surface area contributed by atoms with Crippen molar-refractivity contribution in [2.75, 3.05) is 24.2 Å². The van der Waals surface area contributed by atoms with E-state index in [1.165, 1.54) is 16.9 Å². The average Bonchev–Trinajstić information content (AvgIpc) is 3.15. The molecule has 0 bridgehead atoms. The van der Waals surface area contributed by atoms with E-state index in [1.807, 2.05) is 0 Å². The van der Waals surface area contributed by atoms with Gasteiger partial charge in [-0.05, 0) is 39.5 Å². The molecule has 0 aromatic carbocycles. The molecule has 0 aliphatic heterocycles. The zero-order valence-electron chi connectivity index (χ0n) is 12.3. The van der Waals surface area contributed by atoms with Crippen molar-refractivity contribution in [3.05, 3.63) is 22.1 Å². The van der Waals surface area contributed by atoms with E-state index in [4.69, 9.17) is 10.5 Å². The van der Waals surface area contributed by atoms with Crippen LogP contribution in [0.25, 0.3) is 0 Å². The first-order chi connectivity index (χ1) is 9.54. The molecule has 5 heteroatoms. The largest absolute Gasteiger partial charge is 0.462 e. The lowest BCUT2D eigenvalue weighted by Gasteiger charge is -2.05. The molecule has 1 aromatic rings. The molecule has 0 atom stereocenters. The summed E-state index contributed by atoms with van der Waals surface area (Å²) in [6, 6.07) is 0. The molecule has 2 rings (SSSR count). The number of hydrogen-bond donors (Lipinski definition) is 2. The third-order valence-corrected chi connectivity index (χ3v) is 4.36. The van der Waals surface area contributed by atoms with Gasteiger partial charge in [0.15, 0.2) is 0 Å². The monoisotopic (exact) mass is 294 g/mol. The van der Waals surface area contributed by atoms with Crippen molar-refractivity contribution in [2.24, 2.45) is 0 Å². The molecular weight excluding hydrogens is 272 g/mol. The maximum absolute atomic E-state index is 11.9. The van der Waals surface area contributed by atoms with E-state index >= 15 is 0 Å². The van der Waals surface area contributed by atoms with Crippen LogP contribution in [0.1, 0.15) is 54.8 Å². The molecular formula is C15H22N2O2S. The summed E-state index contributed by atoms with van der Waals surface area (Å²) >= 11 is 1.41. The maximum atomic E-state index is 11.9. The molecule has 0 radical (unpaired) electrons. The first kappa shape index (κ1) is 14.9. The van der Waals surface area contributed by atoms with E-state index in [1.54, 1.807) is 6.92 Å². The number of nitrogens with one attached hydrogen (secondary N) is 1. The van der Waals surface area contributed by atoms with Gasteiger partial charge in [-0.3, -0.25) is 0 Å². The molecule has 1 aliphatic carbocycles. The predicted molar refractivity (Wildman–Crippen MR) is 84.6 cm³/mol. The van der Waals surface area contributed by atoms with Crippen LogP contribution < -0.4 is 11.1 Å². The number of hydrogen-bond acceptors (Lipinski definition) is 5. The third-order valence-electron chi connectivity index (χ3n) is 3.20. The molecule has 1 heterocycles. The van der Waals surface area contributed by atoms with Crippen LogP contribution in [0, 0.1) is 0 Å². The molecule has 1 fully saturated rings. The Morgan fingerprint density at radius 1 is 1.50 bits per heavy atom. The van der Waals surface area contributed by atoms with Gasteiger partial charge in [-0.2, -0.15) is 0 Å². The highest BCUT2D eigenvalue weighted by molar-refractivity contribution is 7.18. The summed E-state index contributed by atoms with van der Waals surface area (Å²) in [4.78, 5) is 12.5. The Hall–Kier alpha value is -1.49. The van der Waals surface area contributed by atoms with Crippen LogP contribution in [-0.4, -0.2) is 19.1 Å². The van der Waals surface area contributed by atoms with E-state index in [9.17, 15) is 4.79 Å². The van der Waals surface area contributed by atoms with Crippen LogP contribution in [0.2, 0.25) is 0 Å². The molecule has 1 aliphatic rings. The number of rotatable bonds is 6. The Labute approximate surface area is 124 Å². The lowest BCUT2D eigenvalue weighted by molar-refractivity contribution is 0.0533. The van der Waals surface area contributed by atoms with Crippen LogP contribution in [0.4, 0.5) is 10.7 Å². The lowest BCUT2D eigenvalue weighted by atomic mass is 10.1. The maximum Gasteiger partial charge on any atom is 0.350 e. The summed E-state index contributed by atoms with van der Waals surface area (Å²) in [5.41, 5.74) is 9.14. The van der Waals surface area contributed by atoms with Gasteiger partial charge < -0.3 is 15.8 Å². The standard InChI is InChI=1S/C15H22N2O2S/c1-4-19-15(18)13-12(16)11(10-5-6-10)14(20-13)17-8-7-9(2)3/h7,10,17H,4-6,8,16H2,1-3H3. The quantitative estimate of drug-likeness (QED) is 0.619. The molecule has 1 aromatic heterocycles. The SMILES string of the molecule is CCOC(=O)c1sc(NCC=C(C)C)c(C2CC2)c1N. The van der Waals surface area contributed by atoms with Crippen LogP contribution >= 0.6 is 11.3 Å². The molecule has 0 unspecified atom stereocenters. The molecule has 0 amide bonds. The van der Waals surface area contributed by atoms with Gasteiger partial charge in [0.2, 0.25) is 0 Å². The smallest absolute Gasteiger partial charge is 0.350 e. The number of nitrogens with two attached hydrogens (primary N) is 1. The first-order valence-corrected chi connectivity index (χ1v) is 7.82. The highest BCUT2D eigenvalue weighted by Gasteiger charge is 2.33. The molecule has 0 saturated heterocycles. The molecule has 20 heavy (non-hydrogen) atoms. The fourth-order valence-electron chi connectivity index (χ4n) is 2.06. The Balaban J connectivity index is 2.23. The van der Waals surface area contributed by atoms with Crippen molar-refractivity contribution in [3.63, 3.8) is 0 Å². The highest BCUT2D eigenvalue weighted by atomic mass is 32.1. The number of anilines is 2. The number of carbonyl (C=O) groups excluding carboxylic acids is 1. The van der Waals surface area contributed by atoms with Gasteiger partial charge in [0.1, 0.15) is 4.88 Å². The normalized spacial score (nSPS) is 13.9. The Bertz CT molecular complexity index is 526. The van der Waals surface area contributed by atoms with Crippen molar-refractivity contribution < 1.29 is 9.53 Å². The van der Waals surface area contributed by atoms with Crippen molar-refractivity contribution in [1.82, 2.24) is 0 Å². The fraction of sp³-hybridized carbons (Fsp3) is 0.533. The zero-order chi connectivity index (χ0) is 14.7. The minimum absolute atomic E-state index is 0.313. The molecule has 4 nitrogen and oxygen atoms in total. The Morgan fingerprint density at radius 2 is 2.20 bits per heavy atom. The second kappa shape index (κ2) is 6.31. The molecule has 3 N–H and O–H groups in total. The number of esters is 1. The van der Waals surface area contributed by atoms with Gasteiger partial charge in [-0.15, -0.1) is 11.3 Å². The lowest BCUT2D eigenvalue weighted by Crippen LogP contribution is -2.05. The molecule has 0 spiro atoms. The van der Waals surface area contributed by atoms with E-state index in [2.05, 4.69) is 25.2 Å². The molecule has 110 valence electrons. The predicted octanol–water partition coefficient (Wildman–Crippen LogP) is 3.76. The van der Waals surface area contributed by atoms with Crippen molar-refractivity contribution in [1.29, 1.82) is 0 Å². The summed E-state index contributed by atoms with van der Waals surface area (Å²) in [6.07, 6.45) is 4.43. The summed E-state index contributed by atoms with van der Waals surface area (Å²) in [7, 11) is 0. The number of ether oxygens (including phenoxy) is 1. The number of allylic oxidation sites excluding steroid dienone is 1. The highest BCUT2D eigenvalue weighted by Crippen LogP contribution is 2.50. The van der Waals surface area contributed by atoms with Crippen molar-refractivity contribution >= 4 is 28.0 Å². The topological polar surface area (TPSA) is 64.3 Å². The third kappa shape index (κ3) is 3.33. The van der Waals surface area contributed by atoms with Crippen molar-refractivity contribution in [3.8, 4) is 0 Å². The van der Waals surface area contributed by atoms with Crippen LogP contribution in [0.3, 0.4) is 0 Å². The minimum atomic E-state index is -0.313. The van der Waals surface area contributed by atoms with Crippen molar-refractivity contribution in [2.45, 2.75) is 39.5 Å². The van der Waals surface area contributed by atoms with Gasteiger partial charge in [0.25, 0.3) is 0 Å². The van der Waals surface area contributed by atoms with E-state index in [0.717, 1.165) is 30.0 Å². The van der Waals surface area contributed by atoms with Crippen LogP contribution in [0.15, 0.2) is 11.6 Å².